The van der Waals surface area contributed by atoms with Crippen molar-refractivity contribution in [3.8, 4) is 5.75 Å². The van der Waals surface area contributed by atoms with Crippen LogP contribution in [-0.4, -0.2) is 44.9 Å². The summed E-state index contributed by atoms with van der Waals surface area (Å²) in [5.74, 6) is -0.561. The Morgan fingerprint density at radius 3 is 2.56 bits per heavy atom. The van der Waals surface area contributed by atoms with Crippen LogP contribution in [0.4, 0.5) is 10.1 Å². The molecular formula is C27H28FN5O3. The number of nitrogens with one attached hydrogen (secondary N) is 1. The van der Waals surface area contributed by atoms with E-state index in [4.69, 9.17) is 4.74 Å². The zero-order valence-electron chi connectivity index (χ0n) is 20.4. The molecule has 0 aliphatic heterocycles. The first-order valence-electron chi connectivity index (χ1n) is 11.7. The Hall–Kier alpha value is -4.27. The van der Waals surface area contributed by atoms with Crippen molar-refractivity contribution in [2.75, 3.05) is 12.4 Å². The van der Waals surface area contributed by atoms with Gasteiger partial charge in [0.2, 0.25) is 5.91 Å². The Kier molecular flexibility index (Phi) is 7.58. The molecule has 4 rings (SSSR count). The zero-order chi connectivity index (χ0) is 25.7. The van der Waals surface area contributed by atoms with E-state index in [0.717, 1.165) is 5.52 Å². The standard InChI is InChI=1S/C27H28FN5O3/c1-4-18(2)33(25(34)17-32-24-11-6-5-10-23(24)30-31-32)26(19-8-7-9-22(16-19)36-3)27(35)29-21-14-12-20(28)13-15-21/h5-16,18,26H,4,17H2,1-3H3,(H,29,35)/t18-,26-/m1/s1. The van der Waals surface area contributed by atoms with E-state index >= 15 is 0 Å². The number of rotatable bonds is 9. The molecule has 1 aromatic heterocycles. The summed E-state index contributed by atoms with van der Waals surface area (Å²) in [6.45, 7) is 3.77. The molecule has 1 N–H and O–H groups in total. The minimum Gasteiger partial charge on any atom is -0.497 e. The average molecular weight is 490 g/mol. The van der Waals surface area contributed by atoms with Crippen molar-refractivity contribution in [3.05, 3.63) is 84.2 Å². The van der Waals surface area contributed by atoms with E-state index in [1.165, 1.54) is 28.9 Å². The number of amides is 2. The maximum absolute atomic E-state index is 13.8. The predicted octanol–water partition coefficient (Wildman–Crippen LogP) is 4.59. The number of nitrogens with zero attached hydrogens (tertiary/aromatic N) is 4. The highest BCUT2D eigenvalue weighted by Crippen LogP contribution is 2.29. The lowest BCUT2D eigenvalue weighted by Gasteiger charge is -2.36. The quantitative estimate of drug-likeness (QED) is 0.372. The van der Waals surface area contributed by atoms with Gasteiger partial charge in [-0.25, -0.2) is 9.07 Å². The first-order valence-corrected chi connectivity index (χ1v) is 11.7. The monoisotopic (exact) mass is 489 g/mol. The molecule has 8 nitrogen and oxygen atoms in total. The van der Waals surface area contributed by atoms with Gasteiger partial charge in [-0.15, -0.1) is 5.10 Å². The van der Waals surface area contributed by atoms with Crippen LogP contribution in [0.3, 0.4) is 0 Å². The highest BCUT2D eigenvalue weighted by atomic mass is 19.1. The van der Waals surface area contributed by atoms with Crippen molar-refractivity contribution in [2.24, 2.45) is 0 Å². The minimum atomic E-state index is -0.970. The van der Waals surface area contributed by atoms with E-state index in [0.29, 0.717) is 28.9 Å². The highest BCUT2D eigenvalue weighted by Gasteiger charge is 2.35. The molecule has 36 heavy (non-hydrogen) atoms. The van der Waals surface area contributed by atoms with Gasteiger partial charge in [0, 0.05) is 11.7 Å². The highest BCUT2D eigenvalue weighted by molar-refractivity contribution is 5.98. The number of halogens is 1. The number of fused-ring (bicyclic) bond motifs is 1. The third-order valence-electron chi connectivity index (χ3n) is 6.11. The van der Waals surface area contributed by atoms with Gasteiger partial charge in [0.25, 0.3) is 5.91 Å². The summed E-state index contributed by atoms with van der Waals surface area (Å²) in [5, 5.41) is 11.1. The number of anilines is 1. The molecule has 0 aliphatic rings. The fraction of sp³-hybridized carbons (Fsp3) is 0.259. The summed E-state index contributed by atoms with van der Waals surface area (Å²) in [6.07, 6.45) is 0.619. The number of para-hydroxylation sites is 1. The second-order valence-electron chi connectivity index (χ2n) is 8.47. The lowest BCUT2D eigenvalue weighted by Crippen LogP contribution is -2.47. The minimum absolute atomic E-state index is 0.0881. The van der Waals surface area contributed by atoms with Crippen molar-refractivity contribution in [1.82, 2.24) is 19.9 Å². The van der Waals surface area contributed by atoms with Gasteiger partial charge in [-0.05, 0) is 67.4 Å². The summed E-state index contributed by atoms with van der Waals surface area (Å²) in [7, 11) is 1.54. The molecule has 0 saturated heterocycles. The molecule has 0 unspecified atom stereocenters. The van der Waals surface area contributed by atoms with Crippen molar-refractivity contribution < 1.29 is 18.7 Å². The number of ether oxygens (including phenoxy) is 1. The zero-order valence-corrected chi connectivity index (χ0v) is 20.4. The van der Waals surface area contributed by atoms with Crippen molar-refractivity contribution in [1.29, 1.82) is 0 Å². The number of hydrogen-bond donors (Lipinski definition) is 1. The molecular weight excluding hydrogens is 461 g/mol. The van der Waals surface area contributed by atoms with Crippen LogP contribution in [0.2, 0.25) is 0 Å². The number of hydrogen-bond acceptors (Lipinski definition) is 5. The summed E-state index contributed by atoms with van der Waals surface area (Å²) in [4.78, 5) is 29.1. The molecule has 0 saturated carbocycles. The Labute approximate surface area is 208 Å². The summed E-state index contributed by atoms with van der Waals surface area (Å²) in [6, 6.07) is 18.7. The number of carbonyl (C=O) groups excluding carboxylic acids is 2. The lowest BCUT2D eigenvalue weighted by atomic mass is 10.0. The maximum atomic E-state index is 13.8. The Morgan fingerprint density at radius 1 is 1.08 bits per heavy atom. The van der Waals surface area contributed by atoms with Gasteiger partial charge < -0.3 is 15.0 Å². The lowest BCUT2D eigenvalue weighted by molar-refractivity contribution is -0.142. The van der Waals surface area contributed by atoms with Crippen LogP contribution in [0, 0.1) is 5.82 Å². The predicted molar refractivity (Wildman–Crippen MR) is 135 cm³/mol. The van der Waals surface area contributed by atoms with Crippen molar-refractivity contribution in [3.63, 3.8) is 0 Å². The summed E-state index contributed by atoms with van der Waals surface area (Å²) in [5.41, 5.74) is 2.42. The second kappa shape index (κ2) is 11.0. The smallest absolute Gasteiger partial charge is 0.251 e. The third-order valence-corrected chi connectivity index (χ3v) is 6.11. The van der Waals surface area contributed by atoms with Gasteiger partial charge in [0.1, 0.15) is 29.7 Å². The second-order valence-corrected chi connectivity index (χ2v) is 8.47. The largest absolute Gasteiger partial charge is 0.497 e. The molecule has 2 atom stereocenters. The number of methoxy groups -OCH3 is 1. The molecule has 0 bridgehead atoms. The molecule has 0 aliphatic carbocycles. The van der Waals surface area contributed by atoms with Crippen LogP contribution in [0.5, 0.6) is 5.75 Å². The molecule has 0 fully saturated rings. The van der Waals surface area contributed by atoms with E-state index < -0.39 is 17.8 Å². The topological polar surface area (TPSA) is 89.4 Å². The van der Waals surface area contributed by atoms with Crippen LogP contribution in [0.15, 0.2) is 72.8 Å². The maximum Gasteiger partial charge on any atom is 0.251 e. The fourth-order valence-corrected chi connectivity index (χ4v) is 4.08. The Balaban J connectivity index is 1.73. The number of benzene rings is 3. The van der Waals surface area contributed by atoms with Crippen molar-refractivity contribution >= 4 is 28.5 Å². The van der Waals surface area contributed by atoms with E-state index in [1.54, 1.807) is 36.3 Å². The Bertz CT molecular complexity index is 1360. The molecule has 0 radical (unpaired) electrons. The Morgan fingerprint density at radius 2 is 1.83 bits per heavy atom. The van der Waals surface area contributed by atoms with Crippen LogP contribution < -0.4 is 10.1 Å². The molecule has 9 heteroatoms. The SMILES string of the molecule is CC[C@@H](C)N(C(=O)Cn1nnc2ccccc21)[C@@H](C(=O)Nc1ccc(F)cc1)c1cccc(OC)c1. The summed E-state index contributed by atoms with van der Waals surface area (Å²) >= 11 is 0. The molecule has 2 amide bonds. The van der Waals surface area contributed by atoms with Gasteiger partial charge in [-0.2, -0.15) is 0 Å². The van der Waals surface area contributed by atoms with E-state index in [-0.39, 0.29) is 18.5 Å². The van der Waals surface area contributed by atoms with Gasteiger partial charge in [0.05, 0.1) is 12.6 Å². The van der Waals surface area contributed by atoms with Crippen molar-refractivity contribution in [2.45, 2.75) is 38.9 Å². The molecule has 4 aromatic rings. The molecule has 3 aromatic carbocycles. The normalized spacial score (nSPS) is 12.7. The first-order chi connectivity index (χ1) is 17.4. The molecule has 0 spiro atoms. The van der Waals surface area contributed by atoms with E-state index in [1.807, 2.05) is 38.1 Å². The molecule has 186 valence electrons. The molecule has 1 heterocycles. The van der Waals surface area contributed by atoms with Crippen LogP contribution in [0.1, 0.15) is 31.9 Å². The first kappa shape index (κ1) is 24.8. The fourth-order valence-electron chi connectivity index (χ4n) is 4.08. The van der Waals surface area contributed by atoms with Gasteiger partial charge in [-0.1, -0.05) is 36.4 Å². The van der Waals surface area contributed by atoms with E-state index in [9.17, 15) is 14.0 Å². The third kappa shape index (κ3) is 5.35. The average Bonchev–Trinajstić information content (AvgIpc) is 3.30. The van der Waals surface area contributed by atoms with Crippen LogP contribution >= 0.6 is 0 Å². The van der Waals surface area contributed by atoms with Gasteiger partial charge in [-0.3, -0.25) is 9.59 Å². The van der Waals surface area contributed by atoms with Crippen LogP contribution in [0.25, 0.3) is 11.0 Å². The summed E-state index contributed by atoms with van der Waals surface area (Å²) < 4.78 is 20.3. The van der Waals surface area contributed by atoms with Crippen LogP contribution in [-0.2, 0) is 16.1 Å². The van der Waals surface area contributed by atoms with Gasteiger partial charge >= 0.3 is 0 Å². The number of carbonyl (C=O) groups is 2. The van der Waals surface area contributed by atoms with Gasteiger partial charge in [0.15, 0.2) is 0 Å². The number of aromatic nitrogens is 3. The van der Waals surface area contributed by atoms with E-state index in [2.05, 4.69) is 15.6 Å².